The van der Waals surface area contributed by atoms with Crippen LogP contribution in [0.25, 0.3) is 0 Å². The summed E-state index contributed by atoms with van der Waals surface area (Å²) in [5.74, 6) is 0.193. The van der Waals surface area contributed by atoms with Gasteiger partial charge in [-0.3, -0.25) is 9.59 Å². The van der Waals surface area contributed by atoms with Crippen LogP contribution in [0, 0.1) is 0 Å². The highest BCUT2D eigenvalue weighted by Crippen LogP contribution is 2.20. The Morgan fingerprint density at radius 1 is 1.11 bits per heavy atom. The molecular formula is C19H22N4O3S. The number of nitrogens with zero attached hydrogens (tertiary/aromatic N) is 2. The lowest BCUT2D eigenvalue weighted by atomic mass is 10.2. The fourth-order valence-corrected chi connectivity index (χ4v) is 3.09. The predicted molar refractivity (Wildman–Crippen MR) is 108 cm³/mol. The molecule has 0 aliphatic carbocycles. The molecule has 3 rings (SSSR count). The Labute approximate surface area is 163 Å². The molecule has 1 aromatic heterocycles. The molecule has 0 bridgehead atoms. The number of nitrogens with one attached hydrogen (secondary N) is 2. The minimum Gasteiger partial charge on any atom is -0.459 e. The summed E-state index contributed by atoms with van der Waals surface area (Å²) < 4.78 is 5.19. The van der Waals surface area contributed by atoms with Crippen molar-refractivity contribution in [1.82, 2.24) is 10.2 Å². The van der Waals surface area contributed by atoms with Gasteiger partial charge in [0, 0.05) is 44.0 Å². The first-order valence-electron chi connectivity index (χ1n) is 8.85. The average molecular weight is 386 g/mol. The van der Waals surface area contributed by atoms with Crippen LogP contribution >= 0.6 is 12.2 Å². The first-order chi connectivity index (χ1) is 13.1. The SMILES string of the molecule is CCC(=O)NC(=S)Nc1ccc(N2CCN(C(=O)c3ccco3)CC2)cc1. The minimum absolute atomic E-state index is 0.0677. The molecule has 0 spiro atoms. The van der Waals surface area contributed by atoms with Crippen molar-refractivity contribution in [2.24, 2.45) is 0 Å². The number of rotatable bonds is 4. The normalized spacial score (nSPS) is 14.0. The predicted octanol–water partition coefficient (Wildman–Crippen LogP) is 2.47. The third-order valence-corrected chi connectivity index (χ3v) is 4.57. The molecule has 142 valence electrons. The molecule has 1 aliphatic rings. The highest BCUT2D eigenvalue weighted by atomic mass is 32.1. The number of carbonyl (C=O) groups is 2. The van der Waals surface area contributed by atoms with E-state index < -0.39 is 0 Å². The zero-order valence-electron chi connectivity index (χ0n) is 15.1. The smallest absolute Gasteiger partial charge is 0.289 e. The molecule has 27 heavy (non-hydrogen) atoms. The standard InChI is InChI=1S/C19H22N4O3S/c1-2-17(24)21-19(27)20-14-5-7-15(8-6-14)22-9-11-23(12-10-22)18(25)16-4-3-13-26-16/h3-8,13H,2,9-12H2,1H3,(H2,20,21,24,27). The van der Waals surface area contributed by atoms with E-state index in [4.69, 9.17) is 16.6 Å². The van der Waals surface area contributed by atoms with Crippen LogP contribution in [0.15, 0.2) is 47.1 Å². The second kappa shape index (κ2) is 8.68. The molecule has 1 aromatic carbocycles. The van der Waals surface area contributed by atoms with Crippen LogP contribution in [0.3, 0.4) is 0 Å². The Morgan fingerprint density at radius 2 is 1.81 bits per heavy atom. The summed E-state index contributed by atoms with van der Waals surface area (Å²) in [6.07, 6.45) is 1.90. The summed E-state index contributed by atoms with van der Waals surface area (Å²) in [7, 11) is 0. The second-order valence-corrected chi connectivity index (χ2v) is 6.57. The Bertz CT molecular complexity index is 797. The number of carbonyl (C=O) groups excluding carboxylic acids is 2. The van der Waals surface area contributed by atoms with E-state index in [9.17, 15) is 9.59 Å². The fourth-order valence-electron chi connectivity index (χ4n) is 2.86. The zero-order chi connectivity index (χ0) is 19.2. The third kappa shape index (κ3) is 4.85. The van der Waals surface area contributed by atoms with E-state index >= 15 is 0 Å². The van der Waals surface area contributed by atoms with Gasteiger partial charge < -0.3 is 24.9 Å². The van der Waals surface area contributed by atoms with Crippen LogP contribution in [0.1, 0.15) is 23.9 Å². The number of benzene rings is 1. The Morgan fingerprint density at radius 3 is 2.41 bits per heavy atom. The van der Waals surface area contributed by atoms with Crippen LogP contribution in [-0.4, -0.2) is 48.0 Å². The number of amides is 2. The molecule has 0 radical (unpaired) electrons. The van der Waals surface area contributed by atoms with Crippen LogP contribution in [0.5, 0.6) is 0 Å². The summed E-state index contributed by atoms with van der Waals surface area (Å²) in [4.78, 5) is 27.7. The molecule has 2 amide bonds. The quantitative estimate of drug-likeness (QED) is 0.786. The van der Waals surface area contributed by atoms with Crippen molar-refractivity contribution in [3.05, 3.63) is 48.4 Å². The maximum absolute atomic E-state index is 12.3. The highest BCUT2D eigenvalue weighted by Gasteiger charge is 2.23. The van der Waals surface area contributed by atoms with Crippen LogP contribution < -0.4 is 15.5 Å². The zero-order valence-corrected chi connectivity index (χ0v) is 15.9. The van der Waals surface area contributed by atoms with Gasteiger partial charge in [0.1, 0.15) is 0 Å². The van der Waals surface area contributed by atoms with Crippen molar-refractivity contribution >= 4 is 40.5 Å². The highest BCUT2D eigenvalue weighted by molar-refractivity contribution is 7.80. The van der Waals surface area contributed by atoms with Gasteiger partial charge in [0.05, 0.1) is 6.26 Å². The molecule has 0 saturated carbocycles. The number of hydrogen-bond acceptors (Lipinski definition) is 5. The number of furan rings is 1. The van der Waals surface area contributed by atoms with Gasteiger partial charge in [-0.1, -0.05) is 6.92 Å². The number of hydrogen-bond donors (Lipinski definition) is 2. The van der Waals surface area contributed by atoms with Gasteiger partial charge in [-0.15, -0.1) is 0 Å². The fraction of sp³-hybridized carbons (Fsp3) is 0.316. The van der Waals surface area contributed by atoms with Crippen molar-refractivity contribution in [3.8, 4) is 0 Å². The van der Waals surface area contributed by atoms with Crippen molar-refractivity contribution in [2.75, 3.05) is 36.4 Å². The summed E-state index contributed by atoms with van der Waals surface area (Å²) in [5.41, 5.74) is 1.89. The van der Waals surface area contributed by atoms with E-state index in [-0.39, 0.29) is 11.8 Å². The molecule has 2 N–H and O–H groups in total. The average Bonchev–Trinajstić information content (AvgIpc) is 3.23. The Kier molecular flexibility index (Phi) is 6.08. The molecule has 0 atom stereocenters. The maximum Gasteiger partial charge on any atom is 0.289 e. The summed E-state index contributed by atoms with van der Waals surface area (Å²) >= 11 is 5.11. The van der Waals surface area contributed by atoms with E-state index in [1.54, 1.807) is 24.0 Å². The summed E-state index contributed by atoms with van der Waals surface area (Å²) in [5, 5.41) is 5.89. The van der Waals surface area contributed by atoms with Crippen LogP contribution in [0.2, 0.25) is 0 Å². The van der Waals surface area contributed by atoms with Gasteiger partial charge in [0.2, 0.25) is 5.91 Å². The van der Waals surface area contributed by atoms with E-state index in [2.05, 4.69) is 15.5 Å². The van der Waals surface area contributed by atoms with Gasteiger partial charge in [0.15, 0.2) is 10.9 Å². The van der Waals surface area contributed by atoms with E-state index in [1.807, 2.05) is 24.3 Å². The lowest BCUT2D eigenvalue weighted by Gasteiger charge is -2.35. The molecule has 1 saturated heterocycles. The first kappa shape index (κ1) is 18.9. The van der Waals surface area contributed by atoms with Crippen LogP contribution in [0.4, 0.5) is 11.4 Å². The monoisotopic (exact) mass is 386 g/mol. The van der Waals surface area contributed by atoms with Crippen molar-refractivity contribution in [3.63, 3.8) is 0 Å². The van der Waals surface area contributed by atoms with E-state index in [0.29, 0.717) is 30.4 Å². The molecule has 1 fully saturated rings. The van der Waals surface area contributed by atoms with Crippen molar-refractivity contribution in [1.29, 1.82) is 0 Å². The van der Waals surface area contributed by atoms with Crippen molar-refractivity contribution in [2.45, 2.75) is 13.3 Å². The van der Waals surface area contributed by atoms with Crippen LogP contribution in [-0.2, 0) is 4.79 Å². The lowest BCUT2D eigenvalue weighted by Crippen LogP contribution is -2.48. The molecule has 8 heteroatoms. The van der Waals surface area contributed by atoms with Gasteiger partial charge in [-0.05, 0) is 48.6 Å². The summed E-state index contributed by atoms with van der Waals surface area (Å²) in [6.45, 7) is 4.57. The topological polar surface area (TPSA) is 77.8 Å². The number of piperazine rings is 1. The van der Waals surface area contributed by atoms with Gasteiger partial charge in [0.25, 0.3) is 5.91 Å². The first-order valence-corrected chi connectivity index (χ1v) is 9.26. The largest absolute Gasteiger partial charge is 0.459 e. The second-order valence-electron chi connectivity index (χ2n) is 6.16. The number of anilines is 2. The minimum atomic E-state index is -0.119. The Balaban J connectivity index is 1.52. The molecule has 2 aromatic rings. The van der Waals surface area contributed by atoms with Gasteiger partial charge in [-0.25, -0.2) is 0 Å². The van der Waals surface area contributed by atoms with Gasteiger partial charge >= 0.3 is 0 Å². The number of thiocarbonyl (C=S) groups is 1. The Hall–Kier alpha value is -2.87. The third-order valence-electron chi connectivity index (χ3n) is 4.36. The van der Waals surface area contributed by atoms with E-state index in [0.717, 1.165) is 24.5 Å². The molecule has 7 nitrogen and oxygen atoms in total. The molecule has 2 heterocycles. The maximum atomic E-state index is 12.3. The van der Waals surface area contributed by atoms with E-state index in [1.165, 1.54) is 6.26 Å². The van der Waals surface area contributed by atoms with Gasteiger partial charge in [-0.2, -0.15) is 0 Å². The molecule has 1 aliphatic heterocycles. The van der Waals surface area contributed by atoms with Crippen molar-refractivity contribution < 1.29 is 14.0 Å². The molecule has 0 unspecified atom stereocenters. The lowest BCUT2D eigenvalue weighted by molar-refractivity contribution is -0.119. The molecular weight excluding hydrogens is 364 g/mol. The summed E-state index contributed by atoms with van der Waals surface area (Å²) in [6, 6.07) is 11.2.